The number of rotatable bonds is 0. The van der Waals surface area contributed by atoms with Crippen LogP contribution in [0.3, 0.4) is 0 Å². The van der Waals surface area contributed by atoms with Crippen LogP contribution in [0, 0.1) is 0 Å². The Labute approximate surface area is 63.9 Å². The van der Waals surface area contributed by atoms with Gasteiger partial charge in [0.1, 0.15) is 0 Å². The summed E-state index contributed by atoms with van der Waals surface area (Å²) < 4.78 is 0. The first kappa shape index (κ1) is 9.47. The van der Waals surface area contributed by atoms with Crippen molar-refractivity contribution in [3.63, 3.8) is 0 Å². The van der Waals surface area contributed by atoms with E-state index >= 15 is 0 Å². The summed E-state index contributed by atoms with van der Waals surface area (Å²) in [6.45, 7) is 8.31. The lowest BCUT2D eigenvalue weighted by Gasteiger charge is -2.18. The zero-order valence-electron chi connectivity index (χ0n) is 7.89. The Morgan fingerprint density at radius 3 is 1.70 bits per heavy atom. The molecule has 0 aliphatic rings. The number of amidine groups is 1. The summed E-state index contributed by atoms with van der Waals surface area (Å²) in [6, 6.07) is 0. The largest absolute Gasteiger partial charge is 0.367 e. The van der Waals surface area contributed by atoms with Gasteiger partial charge in [-0.25, -0.2) is 0 Å². The Hall–Kier alpha value is -0.530. The smallest absolute Gasteiger partial charge is 0.0958 e. The molecule has 0 aliphatic carbocycles. The summed E-state index contributed by atoms with van der Waals surface area (Å²) in [5.74, 6) is 1.08. The second-order valence-corrected chi connectivity index (χ2v) is 3.72. The lowest BCUT2D eigenvalue weighted by molar-refractivity contribution is 0.545. The molecule has 0 saturated carbocycles. The number of aliphatic imine (C=N–C) groups is 1. The van der Waals surface area contributed by atoms with E-state index in [1.54, 1.807) is 0 Å². The third-order valence-electron chi connectivity index (χ3n) is 1.14. The van der Waals surface area contributed by atoms with Gasteiger partial charge >= 0.3 is 0 Å². The predicted octanol–water partition coefficient (Wildman–Crippen LogP) is 1.76. The number of nitrogens with zero attached hydrogens (tertiary/aromatic N) is 2. The average molecular weight is 142 g/mol. The molecule has 0 aromatic heterocycles. The summed E-state index contributed by atoms with van der Waals surface area (Å²) in [6.07, 6.45) is 0. The number of hydrogen-bond acceptors (Lipinski definition) is 1. The Morgan fingerprint density at radius 1 is 1.20 bits per heavy atom. The third kappa shape index (κ3) is 4.36. The van der Waals surface area contributed by atoms with Crippen LogP contribution in [0.4, 0.5) is 0 Å². The Morgan fingerprint density at radius 2 is 1.60 bits per heavy atom. The van der Waals surface area contributed by atoms with Crippen LogP contribution in [0.25, 0.3) is 0 Å². The van der Waals surface area contributed by atoms with Crippen LogP contribution in [-0.2, 0) is 0 Å². The molecule has 0 unspecified atom stereocenters. The van der Waals surface area contributed by atoms with Crippen molar-refractivity contribution in [2.75, 3.05) is 14.1 Å². The summed E-state index contributed by atoms with van der Waals surface area (Å²) in [4.78, 5) is 6.47. The van der Waals surface area contributed by atoms with Crippen molar-refractivity contribution >= 4 is 5.84 Å². The summed E-state index contributed by atoms with van der Waals surface area (Å²) in [7, 11) is 4.01. The van der Waals surface area contributed by atoms with Gasteiger partial charge in [0.05, 0.1) is 11.4 Å². The first-order valence-electron chi connectivity index (χ1n) is 3.57. The van der Waals surface area contributed by atoms with Gasteiger partial charge in [0, 0.05) is 14.1 Å². The minimum atomic E-state index is 0.0500. The van der Waals surface area contributed by atoms with Crippen LogP contribution in [0.1, 0.15) is 27.7 Å². The molecular formula is C8H18N2. The molecular weight excluding hydrogens is 124 g/mol. The van der Waals surface area contributed by atoms with Crippen molar-refractivity contribution < 1.29 is 0 Å². The second-order valence-electron chi connectivity index (χ2n) is 3.72. The molecule has 0 heterocycles. The van der Waals surface area contributed by atoms with Crippen molar-refractivity contribution in [2.45, 2.75) is 33.2 Å². The molecule has 10 heavy (non-hydrogen) atoms. The molecule has 0 aliphatic heterocycles. The maximum absolute atomic E-state index is 4.45. The van der Waals surface area contributed by atoms with Crippen molar-refractivity contribution in [3.8, 4) is 0 Å². The van der Waals surface area contributed by atoms with Gasteiger partial charge in [-0.1, -0.05) is 0 Å². The standard InChI is InChI=1S/C8H18N2/c1-7(10(5)6)9-8(2,3)4/h1-6H3/b9-7-. The SMILES string of the molecule is C/C(=N/C(C)(C)C)N(C)C. The van der Waals surface area contributed by atoms with Crippen molar-refractivity contribution in [3.05, 3.63) is 0 Å². The normalized spacial score (nSPS) is 13.6. The first-order valence-corrected chi connectivity index (χ1v) is 3.57. The maximum atomic E-state index is 4.45. The lowest BCUT2D eigenvalue weighted by Crippen LogP contribution is -2.23. The van der Waals surface area contributed by atoms with E-state index in [1.807, 2.05) is 25.9 Å². The molecule has 60 valence electrons. The lowest BCUT2D eigenvalue weighted by atomic mass is 10.1. The zero-order chi connectivity index (χ0) is 8.36. The monoisotopic (exact) mass is 142 g/mol. The third-order valence-corrected chi connectivity index (χ3v) is 1.14. The Balaban J connectivity index is 4.17. The average Bonchev–Trinajstić information content (AvgIpc) is 1.60. The van der Waals surface area contributed by atoms with E-state index in [9.17, 15) is 0 Å². The van der Waals surface area contributed by atoms with Crippen LogP contribution in [0.15, 0.2) is 4.99 Å². The molecule has 0 aromatic carbocycles. The molecule has 0 atom stereocenters. The van der Waals surface area contributed by atoms with E-state index in [0.717, 1.165) is 5.84 Å². The molecule has 0 aromatic rings. The molecule has 0 N–H and O–H groups in total. The maximum Gasteiger partial charge on any atom is 0.0958 e. The highest BCUT2D eigenvalue weighted by molar-refractivity contribution is 5.79. The topological polar surface area (TPSA) is 15.6 Å². The van der Waals surface area contributed by atoms with Crippen LogP contribution >= 0.6 is 0 Å². The minimum Gasteiger partial charge on any atom is -0.367 e. The van der Waals surface area contributed by atoms with Crippen molar-refractivity contribution in [1.82, 2.24) is 4.90 Å². The molecule has 0 radical (unpaired) electrons. The van der Waals surface area contributed by atoms with Crippen LogP contribution < -0.4 is 0 Å². The quantitative estimate of drug-likeness (QED) is 0.372. The van der Waals surface area contributed by atoms with E-state index in [0.29, 0.717) is 0 Å². The van der Waals surface area contributed by atoms with Gasteiger partial charge in [0.25, 0.3) is 0 Å². The number of hydrogen-bond donors (Lipinski definition) is 0. The summed E-state index contributed by atoms with van der Waals surface area (Å²) in [5.41, 5.74) is 0.0500. The molecule has 0 amide bonds. The highest BCUT2D eigenvalue weighted by Gasteiger charge is 2.07. The van der Waals surface area contributed by atoms with Gasteiger partial charge in [-0.2, -0.15) is 0 Å². The van der Waals surface area contributed by atoms with E-state index < -0.39 is 0 Å². The molecule has 0 fully saturated rings. The van der Waals surface area contributed by atoms with E-state index in [1.165, 1.54) is 0 Å². The molecule has 2 heteroatoms. The van der Waals surface area contributed by atoms with E-state index in [2.05, 4.69) is 25.8 Å². The van der Waals surface area contributed by atoms with E-state index in [4.69, 9.17) is 0 Å². The van der Waals surface area contributed by atoms with Crippen molar-refractivity contribution in [2.24, 2.45) is 4.99 Å². The molecule has 0 bridgehead atoms. The Bertz CT molecular complexity index is 129. The van der Waals surface area contributed by atoms with Crippen LogP contribution in [0.2, 0.25) is 0 Å². The Kier molecular flexibility index (Phi) is 2.88. The summed E-state index contributed by atoms with van der Waals surface area (Å²) >= 11 is 0. The first-order chi connectivity index (χ1) is 4.33. The van der Waals surface area contributed by atoms with E-state index in [-0.39, 0.29) is 5.54 Å². The van der Waals surface area contributed by atoms with Crippen LogP contribution in [0.5, 0.6) is 0 Å². The zero-order valence-corrected chi connectivity index (χ0v) is 7.89. The van der Waals surface area contributed by atoms with Crippen LogP contribution in [-0.4, -0.2) is 30.4 Å². The van der Waals surface area contributed by atoms with Gasteiger partial charge in [-0.15, -0.1) is 0 Å². The van der Waals surface area contributed by atoms with Gasteiger partial charge < -0.3 is 4.90 Å². The van der Waals surface area contributed by atoms with Gasteiger partial charge in [-0.3, -0.25) is 4.99 Å². The van der Waals surface area contributed by atoms with Crippen molar-refractivity contribution in [1.29, 1.82) is 0 Å². The highest BCUT2D eigenvalue weighted by Crippen LogP contribution is 2.06. The predicted molar refractivity (Wildman–Crippen MR) is 46.5 cm³/mol. The fourth-order valence-corrected chi connectivity index (χ4v) is 0.585. The van der Waals surface area contributed by atoms with Gasteiger partial charge in [-0.05, 0) is 27.7 Å². The molecule has 2 nitrogen and oxygen atoms in total. The fourth-order valence-electron chi connectivity index (χ4n) is 0.585. The van der Waals surface area contributed by atoms with Gasteiger partial charge in [0.2, 0.25) is 0 Å². The fraction of sp³-hybridized carbons (Fsp3) is 0.875. The second kappa shape index (κ2) is 3.04. The molecule has 0 saturated heterocycles. The molecule has 0 spiro atoms. The highest BCUT2D eigenvalue weighted by atomic mass is 15.1. The van der Waals surface area contributed by atoms with Gasteiger partial charge in [0.15, 0.2) is 0 Å². The minimum absolute atomic E-state index is 0.0500. The molecule has 0 rings (SSSR count). The summed E-state index contributed by atoms with van der Waals surface area (Å²) in [5, 5.41) is 0.